The molecule has 0 aliphatic carbocycles. The van der Waals surface area contributed by atoms with Gasteiger partial charge >= 0.3 is 0 Å². The summed E-state index contributed by atoms with van der Waals surface area (Å²) in [5, 5.41) is 10.4. The topological polar surface area (TPSA) is 103 Å². The SMILES string of the molecule is CC(C)n1c(-n2cccn2)nc2c(NC(=O)C(C)(C)C)nc(NCc3ccc(F)cc3)nc21. The molecule has 3 aromatic heterocycles. The quantitative estimate of drug-likeness (QED) is 0.453. The van der Waals surface area contributed by atoms with Gasteiger partial charge in [0.1, 0.15) is 5.82 Å². The molecule has 0 spiro atoms. The molecule has 1 aromatic carbocycles. The summed E-state index contributed by atoms with van der Waals surface area (Å²) in [7, 11) is 0. The van der Waals surface area contributed by atoms with Crippen LogP contribution in [-0.4, -0.2) is 35.2 Å². The van der Waals surface area contributed by atoms with Gasteiger partial charge in [-0.25, -0.2) is 14.1 Å². The van der Waals surface area contributed by atoms with Gasteiger partial charge in [0.25, 0.3) is 0 Å². The van der Waals surface area contributed by atoms with Crippen LogP contribution in [0.5, 0.6) is 0 Å². The highest BCUT2D eigenvalue weighted by molar-refractivity contribution is 6.00. The molecule has 2 N–H and O–H groups in total. The first-order chi connectivity index (χ1) is 15.6. The number of halogens is 1. The van der Waals surface area contributed by atoms with Crippen LogP contribution in [0.25, 0.3) is 17.1 Å². The summed E-state index contributed by atoms with van der Waals surface area (Å²) in [6.45, 7) is 9.92. The Morgan fingerprint density at radius 3 is 2.45 bits per heavy atom. The predicted octanol–water partition coefficient (Wildman–Crippen LogP) is 4.33. The second-order valence-corrected chi connectivity index (χ2v) is 9.08. The summed E-state index contributed by atoms with van der Waals surface area (Å²) in [5.41, 5.74) is 1.29. The maximum absolute atomic E-state index is 13.2. The van der Waals surface area contributed by atoms with E-state index in [-0.39, 0.29) is 17.8 Å². The number of carbonyl (C=O) groups is 1. The number of carbonyl (C=O) groups excluding carboxylic acids is 1. The number of amides is 1. The van der Waals surface area contributed by atoms with E-state index in [1.807, 2.05) is 45.3 Å². The lowest BCUT2D eigenvalue weighted by Gasteiger charge is -2.18. The number of rotatable bonds is 6. The van der Waals surface area contributed by atoms with Crippen molar-refractivity contribution in [2.45, 2.75) is 47.2 Å². The second kappa shape index (κ2) is 8.61. The maximum atomic E-state index is 13.2. The number of aromatic nitrogens is 6. The van der Waals surface area contributed by atoms with Crippen LogP contribution in [0.1, 0.15) is 46.2 Å². The molecule has 0 bridgehead atoms. The Morgan fingerprint density at radius 2 is 1.85 bits per heavy atom. The van der Waals surface area contributed by atoms with Crippen molar-refractivity contribution in [3.8, 4) is 5.95 Å². The first-order valence-electron chi connectivity index (χ1n) is 10.7. The molecule has 0 saturated heterocycles. The van der Waals surface area contributed by atoms with Gasteiger partial charge in [-0.15, -0.1) is 0 Å². The van der Waals surface area contributed by atoms with Gasteiger partial charge in [0.15, 0.2) is 17.0 Å². The smallest absolute Gasteiger partial charge is 0.233 e. The van der Waals surface area contributed by atoms with Crippen LogP contribution in [0.15, 0.2) is 42.7 Å². The molecular weight excluding hydrogens is 423 g/mol. The number of hydrogen-bond acceptors (Lipinski definition) is 6. The minimum absolute atomic E-state index is 0.0141. The van der Waals surface area contributed by atoms with Crippen LogP contribution in [0.3, 0.4) is 0 Å². The van der Waals surface area contributed by atoms with Gasteiger partial charge in [-0.05, 0) is 37.6 Å². The van der Waals surface area contributed by atoms with Crippen LogP contribution in [0, 0.1) is 11.2 Å². The van der Waals surface area contributed by atoms with E-state index in [1.54, 1.807) is 29.2 Å². The first-order valence-corrected chi connectivity index (χ1v) is 10.7. The van der Waals surface area contributed by atoms with Crippen molar-refractivity contribution in [1.82, 2.24) is 29.3 Å². The molecule has 0 aliphatic heterocycles. The summed E-state index contributed by atoms with van der Waals surface area (Å²) < 4.78 is 16.8. The fourth-order valence-electron chi connectivity index (χ4n) is 3.23. The third-order valence-corrected chi connectivity index (χ3v) is 5.02. The van der Waals surface area contributed by atoms with E-state index in [4.69, 9.17) is 9.97 Å². The zero-order chi connectivity index (χ0) is 23.8. The van der Waals surface area contributed by atoms with Crippen molar-refractivity contribution >= 4 is 28.8 Å². The third kappa shape index (κ3) is 4.69. The van der Waals surface area contributed by atoms with Gasteiger partial charge in [-0.1, -0.05) is 32.9 Å². The van der Waals surface area contributed by atoms with Crippen LogP contribution in [0.2, 0.25) is 0 Å². The number of benzene rings is 1. The highest BCUT2D eigenvalue weighted by atomic mass is 19.1. The lowest BCUT2D eigenvalue weighted by molar-refractivity contribution is -0.123. The second-order valence-electron chi connectivity index (χ2n) is 9.08. The van der Waals surface area contributed by atoms with E-state index in [9.17, 15) is 9.18 Å². The van der Waals surface area contributed by atoms with Crippen LogP contribution in [0.4, 0.5) is 16.2 Å². The van der Waals surface area contributed by atoms with Gasteiger partial charge in [-0.3, -0.25) is 9.36 Å². The molecule has 9 nitrogen and oxygen atoms in total. The van der Waals surface area contributed by atoms with E-state index in [2.05, 4.69) is 20.7 Å². The molecule has 0 saturated carbocycles. The molecule has 0 unspecified atom stereocenters. The molecule has 0 fully saturated rings. The molecule has 1 amide bonds. The van der Waals surface area contributed by atoms with Crippen LogP contribution >= 0.6 is 0 Å². The highest BCUT2D eigenvalue weighted by Gasteiger charge is 2.26. The molecule has 3 heterocycles. The Morgan fingerprint density at radius 1 is 1.12 bits per heavy atom. The van der Waals surface area contributed by atoms with Gasteiger partial charge in [0.2, 0.25) is 17.8 Å². The van der Waals surface area contributed by atoms with Gasteiger partial charge in [0.05, 0.1) is 0 Å². The Bertz CT molecular complexity index is 1270. The van der Waals surface area contributed by atoms with Crippen molar-refractivity contribution in [3.63, 3.8) is 0 Å². The van der Waals surface area contributed by atoms with Crippen molar-refractivity contribution in [2.75, 3.05) is 10.6 Å². The monoisotopic (exact) mass is 450 g/mol. The summed E-state index contributed by atoms with van der Waals surface area (Å²) >= 11 is 0. The van der Waals surface area contributed by atoms with Gasteiger partial charge < -0.3 is 10.6 Å². The van der Waals surface area contributed by atoms with Gasteiger partial charge in [-0.2, -0.15) is 15.1 Å². The fourth-order valence-corrected chi connectivity index (χ4v) is 3.23. The lowest BCUT2D eigenvalue weighted by Crippen LogP contribution is -2.28. The Hall–Kier alpha value is -3.82. The largest absolute Gasteiger partial charge is 0.350 e. The average molecular weight is 451 g/mol. The number of imidazole rings is 1. The Kier molecular flexibility index (Phi) is 5.84. The fraction of sp³-hybridized carbons (Fsp3) is 0.348. The van der Waals surface area contributed by atoms with Crippen molar-refractivity contribution < 1.29 is 9.18 Å². The Balaban J connectivity index is 1.82. The molecule has 4 aromatic rings. The molecule has 0 atom stereocenters. The minimum atomic E-state index is -0.621. The summed E-state index contributed by atoms with van der Waals surface area (Å²) in [6.07, 6.45) is 3.47. The van der Waals surface area contributed by atoms with Crippen molar-refractivity contribution in [2.24, 2.45) is 5.41 Å². The highest BCUT2D eigenvalue weighted by Crippen LogP contribution is 2.29. The van der Waals surface area contributed by atoms with Crippen molar-refractivity contribution in [3.05, 3.63) is 54.1 Å². The number of anilines is 2. The van der Waals surface area contributed by atoms with E-state index >= 15 is 0 Å². The van der Waals surface area contributed by atoms with Crippen molar-refractivity contribution in [1.29, 1.82) is 0 Å². The standard InChI is InChI=1S/C23H27FN8O/c1-14(2)32-19-17(27-22(32)31-12-6-11-26-31)18(28-20(33)23(3,4)5)29-21(30-19)25-13-15-7-9-16(24)10-8-15/h6-12,14H,13H2,1-5H3,(H2,25,28,29,30,33). The number of hydrogen-bond donors (Lipinski definition) is 2. The molecule has 33 heavy (non-hydrogen) atoms. The molecule has 10 heteroatoms. The minimum Gasteiger partial charge on any atom is -0.350 e. The summed E-state index contributed by atoms with van der Waals surface area (Å²) in [5.74, 6) is 0.725. The normalized spacial score (nSPS) is 11.8. The summed E-state index contributed by atoms with van der Waals surface area (Å²) in [4.78, 5) is 26.8. The first kappa shape index (κ1) is 22.4. The predicted molar refractivity (Wildman–Crippen MR) is 125 cm³/mol. The van der Waals surface area contributed by atoms with E-state index in [1.165, 1.54) is 12.1 Å². The summed E-state index contributed by atoms with van der Waals surface area (Å²) in [6, 6.07) is 8.02. The number of fused-ring (bicyclic) bond motifs is 1. The maximum Gasteiger partial charge on any atom is 0.233 e. The molecule has 4 rings (SSSR count). The average Bonchev–Trinajstić information content (AvgIpc) is 3.40. The zero-order valence-electron chi connectivity index (χ0n) is 19.3. The molecule has 0 aliphatic rings. The van der Waals surface area contributed by atoms with E-state index in [0.717, 1.165) is 5.56 Å². The molecule has 172 valence electrons. The Labute approximate surface area is 191 Å². The molecular formula is C23H27FN8O. The van der Waals surface area contributed by atoms with E-state index in [0.29, 0.717) is 35.4 Å². The molecule has 0 radical (unpaired) electrons. The third-order valence-electron chi connectivity index (χ3n) is 5.02. The van der Waals surface area contributed by atoms with Crippen LogP contribution in [-0.2, 0) is 11.3 Å². The van der Waals surface area contributed by atoms with Crippen LogP contribution < -0.4 is 10.6 Å². The number of nitrogens with zero attached hydrogens (tertiary/aromatic N) is 6. The van der Waals surface area contributed by atoms with E-state index < -0.39 is 5.41 Å². The number of nitrogens with one attached hydrogen (secondary N) is 2. The lowest BCUT2D eigenvalue weighted by atomic mass is 9.96. The zero-order valence-corrected chi connectivity index (χ0v) is 19.3. The van der Waals surface area contributed by atoms with Gasteiger partial charge in [0, 0.05) is 30.4 Å².